The summed E-state index contributed by atoms with van der Waals surface area (Å²) < 4.78 is 54.2. The number of hydrogen-bond donors (Lipinski definition) is 2. The van der Waals surface area contributed by atoms with Gasteiger partial charge in [0, 0.05) is 22.7 Å². The topological polar surface area (TPSA) is 62.2 Å². The molecule has 0 saturated heterocycles. The minimum atomic E-state index is -1.21. The molecule has 0 radical (unpaired) electrons. The van der Waals surface area contributed by atoms with Crippen LogP contribution in [0.1, 0.15) is 27.5 Å². The number of rotatable bonds is 4. The fraction of sp³-hybridized carbons (Fsp3) is 0.0435. The number of amides is 1. The maximum atomic E-state index is 13.9. The Bertz CT molecular complexity index is 1310. The van der Waals surface area contributed by atoms with Crippen LogP contribution in [0, 0.1) is 23.3 Å². The number of carbonyl (C=O) groups excluding carboxylic acids is 1. The molecule has 0 spiro atoms. The van der Waals surface area contributed by atoms with Gasteiger partial charge in [-0.05, 0) is 42.0 Å². The summed E-state index contributed by atoms with van der Waals surface area (Å²) in [6, 6.07) is 11.0. The molecule has 1 aromatic heterocycles. The molecule has 1 atom stereocenters. The van der Waals surface area contributed by atoms with Crippen LogP contribution in [0.5, 0.6) is 5.75 Å². The molecule has 0 saturated carbocycles. The van der Waals surface area contributed by atoms with E-state index in [0.717, 1.165) is 30.3 Å². The van der Waals surface area contributed by atoms with Crippen LogP contribution in [-0.4, -0.2) is 16.0 Å². The van der Waals surface area contributed by atoms with Gasteiger partial charge >= 0.3 is 0 Å². The van der Waals surface area contributed by atoms with E-state index in [0.29, 0.717) is 5.39 Å². The highest BCUT2D eigenvalue weighted by Crippen LogP contribution is 2.35. The van der Waals surface area contributed by atoms with Crippen LogP contribution in [0.2, 0.25) is 0 Å². The number of hydrogen-bond acceptors (Lipinski definition) is 3. The molecule has 1 unspecified atom stereocenters. The molecule has 1 amide bonds. The molecule has 4 rings (SSSR count). The molecule has 156 valence electrons. The molecule has 1 heterocycles. The van der Waals surface area contributed by atoms with Crippen molar-refractivity contribution in [3.8, 4) is 5.75 Å². The molecule has 0 bridgehead atoms. The van der Waals surface area contributed by atoms with Crippen molar-refractivity contribution in [3.63, 3.8) is 0 Å². The maximum absolute atomic E-state index is 13.9. The van der Waals surface area contributed by atoms with Crippen LogP contribution in [0.4, 0.5) is 17.6 Å². The first-order valence-electron chi connectivity index (χ1n) is 9.12. The molecular weight excluding hydrogens is 412 g/mol. The number of phenolic OH excluding ortho intramolecular Hbond substituents is 1. The van der Waals surface area contributed by atoms with Crippen molar-refractivity contribution in [2.75, 3.05) is 0 Å². The zero-order valence-electron chi connectivity index (χ0n) is 15.7. The van der Waals surface area contributed by atoms with E-state index in [9.17, 15) is 27.5 Å². The van der Waals surface area contributed by atoms with Gasteiger partial charge in [-0.1, -0.05) is 24.3 Å². The molecule has 0 aliphatic carbocycles. The van der Waals surface area contributed by atoms with Crippen LogP contribution in [-0.2, 0) is 0 Å². The van der Waals surface area contributed by atoms with Crippen LogP contribution in [0.15, 0.2) is 66.9 Å². The van der Waals surface area contributed by atoms with Crippen molar-refractivity contribution in [2.24, 2.45) is 0 Å². The fourth-order valence-corrected chi connectivity index (χ4v) is 3.26. The van der Waals surface area contributed by atoms with Gasteiger partial charge in [0.05, 0.1) is 6.04 Å². The third kappa shape index (κ3) is 3.92. The molecule has 4 aromatic rings. The maximum Gasteiger partial charge on any atom is 0.252 e. The van der Waals surface area contributed by atoms with Crippen LogP contribution in [0.3, 0.4) is 0 Å². The molecular formula is C23H14F4N2O2. The highest BCUT2D eigenvalue weighted by Gasteiger charge is 2.24. The van der Waals surface area contributed by atoms with Crippen molar-refractivity contribution in [1.82, 2.24) is 10.3 Å². The van der Waals surface area contributed by atoms with Gasteiger partial charge in [0.15, 0.2) is 23.3 Å². The van der Waals surface area contributed by atoms with E-state index in [4.69, 9.17) is 0 Å². The Hall–Kier alpha value is -3.94. The van der Waals surface area contributed by atoms with Crippen molar-refractivity contribution in [3.05, 3.63) is 107 Å². The number of halogens is 4. The minimum absolute atomic E-state index is 0.125. The number of benzene rings is 3. The Balaban J connectivity index is 1.82. The summed E-state index contributed by atoms with van der Waals surface area (Å²) in [5.41, 5.74) is 0.341. The van der Waals surface area contributed by atoms with Gasteiger partial charge in [-0.2, -0.15) is 0 Å². The standard InChI is InChI=1S/C23H14F4N2O2/c24-16-7-4-13(10-18(16)26)20(29-23(31)14-5-8-17(25)19(27)11-14)15-6-3-12-2-1-9-28-21(12)22(15)30/h1-11,20,30H,(H,29,31). The zero-order valence-corrected chi connectivity index (χ0v) is 15.7. The van der Waals surface area contributed by atoms with Crippen LogP contribution >= 0.6 is 0 Å². The lowest BCUT2D eigenvalue weighted by Gasteiger charge is -2.22. The Morgan fingerprint density at radius 3 is 2.29 bits per heavy atom. The van der Waals surface area contributed by atoms with E-state index in [1.54, 1.807) is 18.2 Å². The zero-order chi connectivity index (χ0) is 22.1. The Kier molecular flexibility index (Phi) is 5.29. The summed E-state index contributed by atoms with van der Waals surface area (Å²) in [4.78, 5) is 16.8. The predicted molar refractivity (Wildman–Crippen MR) is 105 cm³/mol. The second-order valence-electron chi connectivity index (χ2n) is 6.79. The lowest BCUT2D eigenvalue weighted by Crippen LogP contribution is -2.29. The number of fused-ring (bicyclic) bond motifs is 1. The highest BCUT2D eigenvalue weighted by atomic mass is 19.2. The van der Waals surface area contributed by atoms with Crippen molar-refractivity contribution in [1.29, 1.82) is 0 Å². The van der Waals surface area contributed by atoms with Crippen molar-refractivity contribution in [2.45, 2.75) is 6.04 Å². The largest absolute Gasteiger partial charge is 0.505 e. The van der Waals surface area contributed by atoms with E-state index >= 15 is 0 Å². The van der Waals surface area contributed by atoms with Gasteiger partial charge in [0.2, 0.25) is 0 Å². The second-order valence-corrected chi connectivity index (χ2v) is 6.79. The summed E-state index contributed by atoms with van der Waals surface area (Å²) in [6.07, 6.45) is 1.47. The van der Waals surface area contributed by atoms with Gasteiger partial charge < -0.3 is 10.4 Å². The number of nitrogens with one attached hydrogen (secondary N) is 1. The lowest BCUT2D eigenvalue weighted by atomic mass is 9.95. The van der Waals surface area contributed by atoms with E-state index in [1.807, 2.05) is 0 Å². The van der Waals surface area contributed by atoms with E-state index in [-0.39, 0.29) is 28.0 Å². The molecule has 3 aromatic carbocycles. The van der Waals surface area contributed by atoms with E-state index < -0.39 is 35.2 Å². The summed E-state index contributed by atoms with van der Waals surface area (Å²) in [5, 5.41) is 14.0. The van der Waals surface area contributed by atoms with Crippen LogP contribution in [0.25, 0.3) is 10.9 Å². The Morgan fingerprint density at radius 1 is 0.871 bits per heavy atom. The minimum Gasteiger partial charge on any atom is -0.505 e. The van der Waals surface area contributed by atoms with Gasteiger partial charge in [-0.15, -0.1) is 0 Å². The first-order valence-corrected chi connectivity index (χ1v) is 9.12. The average molecular weight is 426 g/mol. The predicted octanol–water partition coefficient (Wildman–Crippen LogP) is 5.02. The quantitative estimate of drug-likeness (QED) is 0.451. The fourth-order valence-electron chi connectivity index (χ4n) is 3.26. The lowest BCUT2D eigenvalue weighted by molar-refractivity contribution is 0.0942. The monoisotopic (exact) mass is 426 g/mol. The molecule has 2 N–H and O–H groups in total. The molecule has 31 heavy (non-hydrogen) atoms. The second kappa shape index (κ2) is 8.06. The van der Waals surface area contributed by atoms with Gasteiger partial charge in [0.1, 0.15) is 11.3 Å². The van der Waals surface area contributed by atoms with E-state index in [1.165, 1.54) is 18.3 Å². The number of pyridine rings is 1. The average Bonchev–Trinajstić information content (AvgIpc) is 2.76. The van der Waals surface area contributed by atoms with Crippen LogP contribution < -0.4 is 5.32 Å². The third-order valence-electron chi connectivity index (χ3n) is 4.82. The number of aromatic hydroxyl groups is 1. The Labute approximate surface area is 173 Å². The number of carbonyl (C=O) groups is 1. The number of phenols is 1. The smallest absolute Gasteiger partial charge is 0.252 e. The van der Waals surface area contributed by atoms with Crippen molar-refractivity contribution < 1.29 is 27.5 Å². The summed E-state index contributed by atoms with van der Waals surface area (Å²) in [6.45, 7) is 0. The number of nitrogens with zero attached hydrogens (tertiary/aromatic N) is 1. The third-order valence-corrected chi connectivity index (χ3v) is 4.82. The Morgan fingerprint density at radius 2 is 1.58 bits per heavy atom. The highest BCUT2D eigenvalue weighted by molar-refractivity contribution is 5.95. The molecule has 0 aliphatic rings. The molecule has 8 heteroatoms. The first-order chi connectivity index (χ1) is 14.8. The summed E-state index contributed by atoms with van der Waals surface area (Å²) in [7, 11) is 0. The molecule has 4 nitrogen and oxygen atoms in total. The molecule has 0 fully saturated rings. The normalized spacial score (nSPS) is 12.0. The van der Waals surface area contributed by atoms with E-state index in [2.05, 4.69) is 10.3 Å². The summed E-state index contributed by atoms with van der Waals surface area (Å²) in [5.74, 6) is -5.64. The van der Waals surface area contributed by atoms with Crippen molar-refractivity contribution >= 4 is 16.8 Å². The molecule has 0 aliphatic heterocycles. The first kappa shape index (κ1) is 20.3. The number of aromatic nitrogens is 1. The van der Waals surface area contributed by atoms with Gasteiger partial charge in [-0.25, -0.2) is 17.6 Å². The van der Waals surface area contributed by atoms with Gasteiger partial charge in [0.25, 0.3) is 5.91 Å². The van der Waals surface area contributed by atoms with Gasteiger partial charge in [-0.3, -0.25) is 9.78 Å². The summed E-state index contributed by atoms with van der Waals surface area (Å²) >= 11 is 0. The SMILES string of the molecule is O=C(NC(c1ccc(F)c(F)c1)c1ccc2cccnc2c1O)c1ccc(F)c(F)c1.